The monoisotopic (exact) mass is 443 g/mol. The normalized spacial score (nSPS) is 14.4. The second kappa shape index (κ2) is 8.46. The van der Waals surface area contributed by atoms with Gasteiger partial charge in [0, 0.05) is 29.1 Å². The first-order valence-electron chi connectivity index (χ1n) is 8.46. The highest BCUT2D eigenvalue weighted by Gasteiger charge is 2.29. The van der Waals surface area contributed by atoms with E-state index in [4.69, 9.17) is 0 Å². The Hall–Kier alpha value is -2.53. The molecule has 2 aromatic rings. The van der Waals surface area contributed by atoms with Crippen LogP contribution in [0.2, 0.25) is 0 Å². The average molecular weight is 443 g/mol. The molecule has 11 heteroatoms. The van der Waals surface area contributed by atoms with Gasteiger partial charge in [-0.2, -0.15) is 13.2 Å². The van der Waals surface area contributed by atoms with Gasteiger partial charge in [-0.15, -0.1) is 0 Å². The fraction of sp³-hybridized carbons (Fsp3) is 0.222. The molecule has 0 aromatic heterocycles. The highest BCUT2D eigenvalue weighted by Crippen LogP contribution is 2.36. The Morgan fingerprint density at radius 2 is 1.83 bits per heavy atom. The van der Waals surface area contributed by atoms with Gasteiger partial charge in [0.1, 0.15) is 5.84 Å². The van der Waals surface area contributed by atoms with Gasteiger partial charge in [-0.25, -0.2) is 8.42 Å². The number of nitrogens with zero attached hydrogens (tertiary/aromatic N) is 1. The Morgan fingerprint density at radius 3 is 2.45 bits per heavy atom. The number of benzene rings is 2. The lowest BCUT2D eigenvalue weighted by Gasteiger charge is -2.10. The molecule has 0 aliphatic carbocycles. The Labute approximate surface area is 169 Å². The molecule has 154 valence electrons. The van der Waals surface area contributed by atoms with Crippen LogP contribution >= 0.6 is 11.8 Å². The molecule has 3 rings (SSSR count). The number of sulfonamides is 1. The molecule has 0 atom stereocenters. The molecule has 2 aromatic carbocycles. The van der Waals surface area contributed by atoms with Gasteiger partial charge in [0.05, 0.1) is 4.90 Å². The Kier molecular flexibility index (Phi) is 6.18. The zero-order valence-electron chi connectivity index (χ0n) is 14.9. The fourth-order valence-electron chi connectivity index (χ4n) is 2.59. The Morgan fingerprint density at radius 1 is 1.10 bits per heavy atom. The lowest BCUT2D eigenvalue weighted by Crippen LogP contribution is -2.29. The summed E-state index contributed by atoms with van der Waals surface area (Å²) in [7, 11) is -3.83. The number of rotatable bonds is 5. The van der Waals surface area contributed by atoms with Crippen LogP contribution in [0.3, 0.4) is 0 Å². The minimum atomic E-state index is -4.41. The number of halogens is 3. The van der Waals surface area contributed by atoms with Gasteiger partial charge in [0.15, 0.2) is 0 Å². The van der Waals surface area contributed by atoms with Crippen LogP contribution in [0.15, 0.2) is 63.3 Å². The van der Waals surface area contributed by atoms with E-state index in [0.29, 0.717) is 18.8 Å². The number of amides is 1. The molecule has 1 heterocycles. The summed E-state index contributed by atoms with van der Waals surface area (Å²) >= 11 is -0.272. The second-order valence-electron chi connectivity index (χ2n) is 6.09. The molecule has 6 nitrogen and oxygen atoms in total. The molecule has 2 N–H and O–H groups in total. The molecule has 0 spiro atoms. The molecule has 1 aliphatic heterocycles. The Balaban J connectivity index is 1.70. The first-order valence-corrected chi connectivity index (χ1v) is 10.8. The average Bonchev–Trinajstić information content (AvgIpc) is 3.13. The van der Waals surface area contributed by atoms with Crippen molar-refractivity contribution in [3.8, 4) is 0 Å². The van der Waals surface area contributed by atoms with E-state index in [9.17, 15) is 26.4 Å². The van der Waals surface area contributed by atoms with Gasteiger partial charge in [0.2, 0.25) is 0 Å². The van der Waals surface area contributed by atoms with Crippen LogP contribution in [0.1, 0.15) is 23.2 Å². The zero-order valence-corrected chi connectivity index (χ0v) is 16.5. The van der Waals surface area contributed by atoms with E-state index in [0.717, 1.165) is 6.42 Å². The van der Waals surface area contributed by atoms with Crippen molar-refractivity contribution < 1.29 is 26.4 Å². The van der Waals surface area contributed by atoms with Gasteiger partial charge in [-0.05, 0) is 60.6 Å². The number of thioether (sulfide) groups is 1. The third-order valence-corrected chi connectivity index (χ3v) is 6.00. The predicted molar refractivity (Wildman–Crippen MR) is 105 cm³/mol. The maximum Gasteiger partial charge on any atom is 0.446 e. The highest BCUT2D eigenvalue weighted by atomic mass is 32.2. The largest absolute Gasteiger partial charge is 0.446 e. The summed E-state index contributed by atoms with van der Waals surface area (Å²) in [6.07, 6.45) is 1.34. The van der Waals surface area contributed by atoms with Gasteiger partial charge < -0.3 is 5.32 Å². The van der Waals surface area contributed by atoms with Crippen LogP contribution in [0.4, 0.5) is 18.9 Å². The van der Waals surface area contributed by atoms with Crippen molar-refractivity contribution in [3.05, 3.63) is 54.1 Å². The first kappa shape index (κ1) is 21.2. The number of hydrogen-bond acceptors (Lipinski definition) is 5. The van der Waals surface area contributed by atoms with Gasteiger partial charge in [-0.1, -0.05) is 6.07 Å². The number of amidine groups is 1. The van der Waals surface area contributed by atoms with Gasteiger partial charge in [-0.3, -0.25) is 14.5 Å². The van der Waals surface area contributed by atoms with Crippen molar-refractivity contribution in [1.29, 1.82) is 0 Å². The molecular weight excluding hydrogens is 427 g/mol. The van der Waals surface area contributed by atoms with Crippen molar-refractivity contribution >= 4 is 39.2 Å². The summed E-state index contributed by atoms with van der Waals surface area (Å²) < 4.78 is 64.4. The van der Waals surface area contributed by atoms with E-state index in [1.165, 1.54) is 48.5 Å². The van der Waals surface area contributed by atoms with E-state index >= 15 is 0 Å². The summed E-state index contributed by atoms with van der Waals surface area (Å²) in [6, 6.07) is 10.6. The lowest BCUT2D eigenvalue weighted by molar-refractivity contribution is -0.0328. The van der Waals surface area contributed by atoms with Crippen LogP contribution in [0.5, 0.6) is 0 Å². The third kappa shape index (κ3) is 5.97. The smallest absolute Gasteiger partial charge is 0.322 e. The topological polar surface area (TPSA) is 87.6 Å². The van der Waals surface area contributed by atoms with Crippen LogP contribution in [-0.4, -0.2) is 32.2 Å². The van der Waals surface area contributed by atoms with E-state index in [2.05, 4.69) is 15.0 Å². The molecule has 0 saturated carbocycles. The summed E-state index contributed by atoms with van der Waals surface area (Å²) in [4.78, 5) is 16.3. The van der Waals surface area contributed by atoms with Crippen LogP contribution in [0.25, 0.3) is 0 Å². The van der Waals surface area contributed by atoms with E-state index < -0.39 is 21.4 Å². The number of aliphatic imine (C=N–C) groups is 1. The fourth-order valence-corrected chi connectivity index (χ4v) is 4.26. The maximum absolute atomic E-state index is 12.4. The molecular formula is C18H16F3N3O3S2. The molecule has 29 heavy (non-hydrogen) atoms. The summed E-state index contributed by atoms with van der Waals surface area (Å²) in [6.45, 7) is 0.578. The Bertz CT molecular complexity index is 1040. The van der Waals surface area contributed by atoms with Crippen LogP contribution in [0, 0.1) is 0 Å². The van der Waals surface area contributed by atoms with Crippen molar-refractivity contribution in [2.45, 2.75) is 28.1 Å². The van der Waals surface area contributed by atoms with Crippen LogP contribution in [-0.2, 0) is 10.0 Å². The van der Waals surface area contributed by atoms with Gasteiger partial charge in [0.25, 0.3) is 15.9 Å². The molecule has 1 amide bonds. The number of anilines is 1. The number of hydrogen-bond donors (Lipinski definition) is 2. The van der Waals surface area contributed by atoms with E-state index in [1.807, 2.05) is 0 Å². The minimum Gasteiger partial charge on any atom is -0.322 e. The lowest BCUT2D eigenvalue weighted by atomic mass is 10.2. The van der Waals surface area contributed by atoms with E-state index in [1.54, 1.807) is 0 Å². The number of carbonyl (C=O) groups is 1. The molecule has 0 saturated heterocycles. The number of nitrogens with one attached hydrogen (secondary N) is 2. The molecule has 0 unspecified atom stereocenters. The molecule has 1 aliphatic rings. The predicted octanol–water partition coefficient (Wildman–Crippen LogP) is 4.02. The standard InChI is InChI=1S/C18H16F3N3O3S2/c19-18(20,21)28-14-8-6-12(7-9-14)17(25)23-13-3-1-4-15(11-13)29(26,27)24-16-5-2-10-22-16/h1,3-4,6-9,11H,2,5,10H2,(H,22,24)(H,23,25). The summed E-state index contributed by atoms with van der Waals surface area (Å²) in [5, 5.41) is 2.54. The second-order valence-corrected chi connectivity index (χ2v) is 8.91. The first-order chi connectivity index (χ1) is 13.6. The van der Waals surface area contributed by atoms with Crippen LogP contribution < -0.4 is 10.0 Å². The maximum atomic E-state index is 12.4. The molecule has 0 bridgehead atoms. The van der Waals surface area contributed by atoms with E-state index in [-0.39, 0.29) is 32.8 Å². The molecule has 0 fully saturated rings. The minimum absolute atomic E-state index is 0.0388. The van der Waals surface area contributed by atoms with Crippen molar-refractivity contribution in [2.75, 3.05) is 11.9 Å². The van der Waals surface area contributed by atoms with Gasteiger partial charge >= 0.3 is 5.51 Å². The molecule has 0 radical (unpaired) electrons. The number of alkyl halides is 3. The van der Waals surface area contributed by atoms with Crippen molar-refractivity contribution in [1.82, 2.24) is 4.72 Å². The quantitative estimate of drug-likeness (QED) is 0.684. The SMILES string of the molecule is O=C(Nc1cccc(S(=O)(=O)NC2=NCCC2)c1)c1ccc(SC(F)(F)F)cc1. The third-order valence-electron chi connectivity index (χ3n) is 3.88. The highest BCUT2D eigenvalue weighted by molar-refractivity contribution is 8.00. The van der Waals surface area contributed by atoms with Crippen molar-refractivity contribution in [2.24, 2.45) is 4.99 Å². The van der Waals surface area contributed by atoms with Crippen molar-refractivity contribution in [3.63, 3.8) is 0 Å². The summed E-state index contributed by atoms with van der Waals surface area (Å²) in [5.74, 6) is -0.174. The zero-order chi connectivity index (χ0) is 21.1. The summed E-state index contributed by atoms with van der Waals surface area (Å²) in [5.41, 5.74) is -4.03. The number of carbonyl (C=O) groups excluding carboxylic acids is 1.